The molecule has 1 unspecified atom stereocenters. The van der Waals surface area contributed by atoms with Crippen molar-refractivity contribution in [2.75, 3.05) is 13.7 Å². The number of rotatable bonds is 8. The lowest BCUT2D eigenvalue weighted by Gasteiger charge is -2.25. The van der Waals surface area contributed by atoms with Gasteiger partial charge in [0.15, 0.2) is 0 Å². The first kappa shape index (κ1) is 14.5. The van der Waals surface area contributed by atoms with E-state index >= 15 is 0 Å². The number of aromatic nitrogens is 2. The Kier molecular flexibility index (Phi) is 6.02. The minimum atomic E-state index is -0.0738. The van der Waals surface area contributed by atoms with Crippen LogP contribution in [0.5, 0.6) is 0 Å². The molecule has 0 saturated carbocycles. The van der Waals surface area contributed by atoms with Crippen LogP contribution < -0.4 is 5.32 Å². The molecular formula is C12H23N3OS. The van der Waals surface area contributed by atoms with Gasteiger partial charge in [-0.3, -0.25) is 0 Å². The van der Waals surface area contributed by atoms with E-state index in [9.17, 15) is 0 Å². The average molecular weight is 257 g/mol. The summed E-state index contributed by atoms with van der Waals surface area (Å²) in [6.07, 6.45) is 3.15. The van der Waals surface area contributed by atoms with Gasteiger partial charge in [0.05, 0.1) is 17.3 Å². The number of nitrogens with one attached hydrogen (secondary N) is 1. The molecule has 1 aromatic heterocycles. The summed E-state index contributed by atoms with van der Waals surface area (Å²) in [6.45, 7) is 7.41. The fraction of sp³-hybridized carbons (Fsp3) is 0.833. The molecule has 0 aliphatic heterocycles. The van der Waals surface area contributed by atoms with Gasteiger partial charge in [-0.2, -0.15) is 0 Å². The number of hydrogen-bond acceptors (Lipinski definition) is 5. The molecule has 0 aromatic carbocycles. The number of methoxy groups -OCH3 is 1. The van der Waals surface area contributed by atoms with Gasteiger partial charge in [-0.25, -0.2) is 0 Å². The van der Waals surface area contributed by atoms with Crippen molar-refractivity contribution in [2.45, 2.75) is 51.7 Å². The fourth-order valence-electron chi connectivity index (χ4n) is 1.59. The number of ether oxygens (including phenoxy) is 1. The maximum Gasteiger partial charge on any atom is 0.0924 e. The molecule has 0 aliphatic rings. The second kappa shape index (κ2) is 7.03. The fourth-order valence-corrected chi connectivity index (χ4v) is 2.10. The Balaban J connectivity index is 2.53. The Morgan fingerprint density at radius 3 is 2.82 bits per heavy atom. The molecule has 1 rings (SSSR count). The summed E-state index contributed by atoms with van der Waals surface area (Å²) >= 11 is 1.41. The second-order valence-corrected chi connectivity index (χ2v) is 5.45. The van der Waals surface area contributed by atoms with E-state index in [4.69, 9.17) is 4.74 Å². The second-order valence-electron chi connectivity index (χ2n) is 4.84. The van der Waals surface area contributed by atoms with Crippen molar-refractivity contribution in [3.05, 3.63) is 11.1 Å². The maximum atomic E-state index is 5.45. The van der Waals surface area contributed by atoms with E-state index in [1.807, 2.05) is 5.38 Å². The van der Waals surface area contributed by atoms with Gasteiger partial charge in [0.1, 0.15) is 0 Å². The van der Waals surface area contributed by atoms with Crippen LogP contribution in [0.1, 0.15) is 51.8 Å². The summed E-state index contributed by atoms with van der Waals surface area (Å²) < 4.78 is 9.38. The highest BCUT2D eigenvalue weighted by Gasteiger charge is 2.21. The summed E-state index contributed by atoms with van der Waals surface area (Å²) in [4.78, 5) is 0. The third-order valence-corrected chi connectivity index (χ3v) is 3.49. The first-order chi connectivity index (χ1) is 8.09. The van der Waals surface area contributed by atoms with Crippen molar-refractivity contribution in [1.29, 1.82) is 0 Å². The smallest absolute Gasteiger partial charge is 0.0924 e. The van der Waals surface area contributed by atoms with Crippen LogP contribution in [0.15, 0.2) is 5.38 Å². The molecule has 0 bridgehead atoms. The molecule has 1 aromatic rings. The predicted octanol–water partition coefficient (Wildman–Crippen LogP) is 2.78. The molecule has 1 atom stereocenters. The molecule has 98 valence electrons. The first-order valence-electron chi connectivity index (χ1n) is 6.14. The zero-order valence-electron chi connectivity index (χ0n) is 11.2. The third-order valence-electron chi connectivity index (χ3n) is 2.96. The van der Waals surface area contributed by atoms with E-state index < -0.39 is 0 Å². The minimum absolute atomic E-state index is 0.0738. The maximum absolute atomic E-state index is 5.45. The van der Waals surface area contributed by atoms with Gasteiger partial charge in [-0.1, -0.05) is 11.4 Å². The van der Waals surface area contributed by atoms with Gasteiger partial charge < -0.3 is 10.1 Å². The lowest BCUT2D eigenvalue weighted by atomic mass is 9.97. The number of hydrogen-bond donors (Lipinski definition) is 1. The van der Waals surface area contributed by atoms with Crippen molar-refractivity contribution in [1.82, 2.24) is 14.9 Å². The van der Waals surface area contributed by atoms with Crippen molar-refractivity contribution in [3.63, 3.8) is 0 Å². The molecule has 4 nitrogen and oxygen atoms in total. The van der Waals surface area contributed by atoms with Crippen LogP contribution in [-0.2, 0) is 4.74 Å². The SMILES string of the molecule is CCCNC(CCC(C)(C)OC)c1csnn1. The third kappa shape index (κ3) is 5.10. The largest absolute Gasteiger partial charge is 0.379 e. The highest BCUT2D eigenvalue weighted by molar-refractivity contribution is 7.03. The van der Waals surface area contributed by atoms with Gasteiger partial charge in [-0.05, 0) is 51.2 Å². The molecule has 0 amide bonds. The molecule has 1 heterocycles. The average Bonchev–Trinajstić information content (AvgIpc) is 2.83. The van der Waals surface area contributed by atoms with Crippen LogP contribution in [-0.4, -0.2) is 28.8 Å². The topological polar surface area (TPSA) is 47.0 Å². The van der Waals surface area contributed by atoms with Gasteiger partial charge in [0.25, 0.3) is 0 Å². The van der Waals surface area contributed by atoms with Crippen molar-refractivity contribution >= 4 is 11.5 Å². The number of nitrogens with zero attached hydrogens (tertiary/aromatic N) is 2. The van der Waals surface area contributed by atoms with E-state index in [0.29, 0.717) is 6.04 Å². The predicted molar refractivity (Wildman–Crippen MR) is 71.3 cm³/mol. The van der Waals surface area contributed by atoms with E-state index in [0.717, 1.165) is 31.5 Å². The summed E-state index contributed by atoms with van der Waals surface area (Å²) in [5.74, 6) is 0. The zero-order valence-corrected chi connectivity index (χ0v) is 12.0. The summed E-state index contributed by atoms with van der Waals surface area (Å²) in [6, 6.07) is 0.295. The Bertz CT molecular complexity index is 301. The normalized spacial score (nSPS) is 13.9. The van der Waals surface area contributed by atoms with Gasteiger partial charge in [0, 0.05) is 12.5 Å². The van der Waals surface area contributed by atoms with E-state index in [1.54, 1.807) is 7.11 Å². The molecular weight excluding hydrogens is 234 g/mol. The van der Waals surface area contributed by atoms with Crippen LogP contribution in [0.4, 0.5) is 0 Å². The Morgan fingerprint density at radius 2 is 2.29 bits per heavy atom. The molecule has 0 fully saturated rings. The van der Waals surface area contributed by atoms with Crippen molar-refractivity contribution in [3.8, 4) is 0 Å². The lowest BCUT2D eigenvalue weighted by Crippen LogP contribution is -2.28. The summed E-state index contributed by atoms with van der Waals surface area (Å²) in [5, 5.41) is 9.70. The van der Waals surface area contributed by atoms with E-state index in [1.165, 1.54) is 11.5 Å². The highest BCUT2D eigenvalue weighted by Crippen LogP contribution is 2.23. The molecule has 0 radical (unpaired) electrons. The van der Waals surface area contributed by atoms with Crippen LogP contribution in [0.25, 0.3) is 0 Å². The van der Waals surface area contributed by atoms with E-state index in [2.05, 4.69) is 35.7 Å². The van der Waals surface area contributed by atoms with E-state index in [-0.39, 0.29) is 5.60 Å². The zero-order chi connectivity index (χ0) is 12.7. The van der Waals surface area contributed by atoms with Gasteiger partial charge >= 0.3 is 0 Å². The monoisotopic (exact) mass is 257 g/mol. The van der Waals surface area contributed by atoms with Crippen LogP contribution in [0.2, 0.25) is 0 Å². The first-order valence-corrected chi connectivity index (χ1v) is 6.98. The van der Waals surface area contributed by atoms with Crippen molar-refractivity contribution < 1.29 is 4.74 Å². The van der Waals surface area contributed by atoms with Gasteiger partial charge in [-0.15, -0.1) is 5.10 Å². The Hall–Kier alpha value is -0.520. The molecule has 0 saturated heterocycles. The molecule has 1 N–H and O–H groups in total. The molecule has 17 heavy (non-hydrogen) atoms. The minimum Gasteiger partial charge on any atom is -0.379 e. The standard InChI is InChI=1S/C12H23N3OS/c1-5-8-13-10(11-9-17-15-14-11)6-7-12(2,3)16-4/h9-10,13H,5-8H2,1-4H3. The quantitative estimate of drug-likeness (QED) is 0.778. The van der Waals surface area contributed by atoms with Crippen molar-refractivity contribution in [2.24, 2.45) is 0 Å². The lowest BCUT2D eigenvalue weighted by molar-refractivity contribution is 0.0116. The van der Waals surface area contributed by atoms with Crippen LogP contribution in [0, 0.1) is 0 Å². The van der Waals surface area contributed by atoms with Crippen LogP contribution >= 0.6 is 11.5 Å². The highest BCUT2D eigenvalue weighted by atomic mass is 32.1. The van der Waals surface area contributed by atoms with Gasteiger partial charge in [0.2, 0.25) is 0 Å². The molecule has 5 heteroatoms. The summed E-state index contributed by atoms with van der Waals surface area (Å²) in [7, 11) is 1.76. The Morgan fingerprint density at radius 1 is 1.53 bits per heavy atom. The van der Waals surface area contributed by atoms with Crippen LogP contribution in [0.3, 0.4) is 0 Å². The Labute approximate surface area is 108 Å². The molecule has 0 spiro atoms. The molecule has 0 aliphatic carbocycles. The summed E-state index contributed by atoms with van der Waals surface area (Å²) in [5.41, 5.74) is 0.977.